The number of carbonyl (C=O) groups is 1. The zero-order valence-corrected chi connectivity index (χ0v) is 15.1. The highest BCUT2D eigenvalue weighted by Crippen LogP contribution is 2.29. The fourth-order valence-electron chi connectivity index (χ4n) is 2.17. The van der Waals surface area contributed by atoms with E-state index >= 15 is 0 Å². The van der Waals surface area contributed by atoms with Gasteiger partial charge in [0.15, 0.2) is 11.5 Å². The summed E-state index contributed by atoms with van der Waals surface area (Å²) in [6.45, 7) is 8.73. The van der Waals surface area contributed by atoms with Gasteiger partial charge in [0.2, 0.25) is 0 Å². The van der Waals surface area contributed by atoms with Crippen molar-refractivity contribution in [3.8, 4) is 17.6 Å². The van der Waals surface area contributed by atoms with E-state index in [0.29, 0.717) is 23.7 Å². The van der Waals surface area contributed by atoms with Crippen molar-refractivity contribution in [1.29, 1.82) is 5.26 Å². The number of hydrogen-bond donors (Lipinski definition) is 1. The van der Waals surface area contributed by atoms with Gasteiger partial charge in [-0.2, -0.15) is 5.26 Å². The molecule has 0 fully saturated rings. The number of anilines is 1. The quantitative estimate of drug-likeness (QED) is 0.640. The first kappa shape index (κ1) is 19.4. The third-order valence-corrected chi connectivity index (χ3v) is 3.49. The summed E-state index contributed by atoms with van der Waals surface area (Å²) in [5, 5.41) is 12.0. The van der Waals surface area contributed by atoms with E-state index in [-0.39, 0.29) is 11.1 Å². The molecule has 0 radical (unpaired) electrons. The number of nitrogens with one attached hydrogen (secondary N) is 1. The SMILES string of the molecule is CCN(/C=C(/C#N)C(=O)Nc1ccc(OC)c(OC)c1)C(C)(C)C. The molecule has 0 saturated carbocycles. The van der Waals surface area contributed by atoms with E-state index in [4.69, 9.17) is 9.47 Å². The van der Waals surface area contributed by atoms with Crippen LogP contribution >= 0.6 is 0 Å². The van der Waals surface area contributed by atoms with E-state index in [2.05, 4.69) is 5.32 Å². The monoisotopic (exact) mass is 331 g/mol. The lowest BCUT2D eigenvalue weighted by molar-refractivity contribution is -0.112. The Kier molecular flexibility index (Phi) is 6.66. The molecular formula is C18H25N3O3. The summed E-state index contributed by atoms with van der Waals surface area (Å²) < 4.78 is 10.4. The van der Waals surface area contributed by atoms with E-state index in [1.807, 2.05) is 38.7 Å². The second-order valence-corrected chi connectivity index (χ2v) is 6.14. The smallest absolute Gasteiger partial charge is 0.267 e. The maximum Gasteiger partial charge on any atom is 0.267 e. The lowest BCUT2D eigenvalue weighted by Gasteiger charge is -2.33. The number of carbonyl (C=O) groups excluding carboxylic acids is 1. The molecule has 0 spiro atoms. The molecule has 0 heterocycles. The number of nitriles is 1. The van der Waals surface area contributed by atoms with Gasteiger partial charge in [-0.15, -0.1) is 0 Å². The minimum atomic E-state index is -0.465. The number of ether oxygens (including phenoxy) is 2. The normalized spacial score (nSPS) is 11.5. The van der Waals surface area contributed by atoms with E-state index in [9.17, 15) is 10.1 Å². The van der Waals surface area contributed by atoms with Gasteiger partial charge in [0, 0.05) is 30.0 Å². The number of hydrogen-bond acceptors (Lipinski definition) is 5. The van der Waals surface area contributed by atoms with Crippen LogP contribution in [0.1, 0.15) is 27.7 Å². The third kappa shape index (κ3) is 4.92. The molecule has 130 valence electrons. The van der Waals surface area contributed by atoms with Crippen molar-refractivity contribution in [2.75, 3.05) is 26.1 Å². The molecule has 0 saturated heterocycles. The molecule has 0 bridgehead atoms. The van der Waals surface area contributed by atoms with Crippen LogP contribution in [0.2, 0.25) is 0 Å². The average molecular weight is 331 g/mol. The molecule has 0 aliphatic carbocycles. The van der Waals surface area contributed by atoms with E-state index in [0.717, 1.165) is 0 Å². The molecule has 0 aliphatic heterocycles. The van der Waals surface area contributed by atoms with Crippen LogP contribution in [0.25, 0.3) is 0 Å². The summed E-state index contributed by atoms with van der Waals surface area (Å²) in [4.78, 5) is 14.3. The molecule has 0 unspecified atom stereocenters. The van der Waals surface area contributed by atoms with Crippen molar-refractivity contribution in [2.45, 2.75) is 33.2 Å². The second-order valence-electron chi connectivity index (χ2n) is 6.14. The average Bonchev–Trinajstić information content (AvgIpc) is 2.54. The molecular weight excluding hydrogens is 306 g/mol. The first-order chi connectivity index (χ1) is 11.3. The Morgan fingerprint density at radius 2 is 1.92 bits per heavy atom. The fourth-order valence-corrected chi connectivity index (χ4v) is 2.17. The first-order valence-electron chi connectivity index (χ1n) is 7.68. The Hall–Kier alpha value is -2.68. The molecule has 1 aromatic rings. The van der Waals surface area contributed by atoms with Gasteiger partial charge in [0.05, 0.1) is 14.2 Å². The molecule has 1 rings (SSSR count). The molecule has 6 heteroatoms. The van der Waals surface area contributed by atoms with Crippen molar-refractivity contribution in [3.05, 3.63) is 30.0 Å². The van der Waals surface area contributed by atoms with E-state index < -0.39 is 5.91 Å². The summed E-state index contributed by atoms with van der Waals surface area (Å²) in [5.74, 6) is 0.603. The maximum atomic E-state index is 12.4. The van der Waals surface area contributed by atoms with Crippen LogP contribution in [0, 0.1) is 11.3 Å². The van der Waals surface area contributed by atoms with Crippen molar-refractivity contribution in [3.63, 3.8) is 0 Å². The molecule has 0 aliphatic rings. The van der Waals surface area contributed by atoms with E-state index in [1.54, 1.807) is 31.5 Å². The van der Waals surface area contributed by atoms with Crippen molar-refractivity contribution >= 4 is 11.6 Å². The molecule has 6 nitrogen and oxygen atoms in total. The topological polar surface area (TPSA) is 74.6 Å². The van der Waals surface area contributed by atoms with Crippen LogP contribution in [0.3, 0.4) is 0 Å². The second kappa shape index (κ2) is 8.25. The van der Waals surface area contributed by atoms with Gasteiger partial charge < -0.3 is 19.7 Å². The molecule has 1 amide bonds. The zero-order chi connectivity index (χ0) is 18.3. The lowest BCUT2D eigenvalue weighted by Crippen LogP contribution is -2.37. The molecule has 24 heavy (non-hydrogen) atoms. The minimum absolute atomic E-state index is 0.0431. The van der Waals surface area contributed by atoms with E-state index in [1.165, 1.54) is 7.11 Å². The summed E-state index contributed by atoms with van der Waals surface area (Å²) >= 11 is 0. The molecule has 1 N–H and O–H groups in total. The molecule has 1 aromatic carbocycles. The molecule has 0 atom stereocenters. The van der Waals surface area contributed by atoms with Gasteiger partial charge in [-0.1, -0.05) is 0 Å². The van der Waals surface area contributed by atoms with Gasteiger partial charge in [-0.05, 0) is 39.8 Å². The third-order valence-electron chi connectivity index (χ3n) is 3.49. The zero-order valence-electron chi connectivity index (χ0n) is 15.1. The van der Waals surface area contributed by atoms with Gasteiger partial charge in [-0.25, -0.2) is 0 Å². The Labute approximate surface area is 143 Å². The summed E-state index contributed by atoms with van der Waals surface area (Å²) in [6, 6.07) is 6.99. The number of rotatable bonds is 6. The largest absolute Gasteiger partial charge is 0.493 e. The number of nitrogens with zero attached hydrogens (tertiary/aromatic N) is 2. The predicted octanol–water partition coefficient (Wildman–Crippen LogP) is 3.17. The van der Waals surface area contributed by atoms with Gasteiger partial charge in [-0.3, -0.25) is 4.79 Å². The number of benzene rings is 1. The Morgan fingerprint density at radius 1 is 1.29 bits per heavy atom. The first-order valence-corrected chi connectivity index (χ1v) is 7.68. The Morgan fingerprint density at radius 3 is 2.38 bits per heavy atom. The minimum Gasteiger partial charge on any atom is -0.493 e. The van der Waals surface area contributed by atoms with Gasteiger partial charge in [0.1, 0.15) is 11.6 Å². The maximum absolute atomic E-state index is 12.4. The van der Waals surface area contributed by atoms with Crippen LogP contribution < -0.4 is 14.8 Å². The van der Waals surface area contributed by atoms with Crippen molar-refractivity contribution in [1.82, 2.24) is 4.90 Å². The van der Waals surface area contributed by atoms with Crippen LogP contribution in [0.15, 0.2) is 30.0 Å². The molecule has 0 aromatic heterocycles. The fraction of sp³-hybridized carbons (Fsp3) is 0.444. The highest BCUT2D eigenvalue weighted by Gasteiger charge is 2.19. The van der Waals surface area contributed by atoms with Crippen LogP contribution in [0.5, 0.6) is 11.5 Å². The number of methoxy groups -OCH3 is 2. The lowest BCUT2D eigenvalue weighted by atomic mass is 10.1. The Balaban J connectivity index is 3.02. The Bertz CT molecular complexity index is 654. The van der Waals surface area contributed by atoms with Crippen molar-refractivity contribution in [2.24, 2.45) is 0 Å². The van der Waals surface area contributed by atoms with Gasteiger partial charge in [0.25, 0.3) is 5.91 Å². The van der Waals surface area contributed by atoms with Crippen molar-refractivity contribution < 1.29 is 14.3 Å². The van der Waals surface area contributed by atoms with Crippen LogP contribution in [-0.2, 0) is 4.79 Å². The van der Waals surface area contributed by atoms with Crippen LogP contribution in [0.4, 0.5) is 5.69 Å². The highest BCUT2D eigenvalue weighted by atomic mass is 16.5. The summed E-state index contributed by atoms with van der Waals surface area (Å²) in [5.41, 5.74) is 0.389. The number of amides is 1. The predicted molar refractivity (Wildman–Crippen MR) is 94.0 cm³/mol. The van der Waals surface area contributed by atoms with Crippen LogP contribution in [-0.4, -0.2) is 37.1 Å². The summed E-state index contributed by atoms with van der Waals surface area (Å²) in [6.07, 6.45) is 1.59. The summed E-state index contributed by atoms with van der Waals surface area (Å²) in [7, 11) is 3.06. The van der Waals surface area contributed by atoms with Gasteiger partial charge >= 0.3 is 0 Å². The standard InChI is InChI=1S/C18H25N3O3/c1-7-21(18(2,3)4)12-13(11-19)17(22)20-14-8-9-15(23-5)16(10-14)24-6/h8-10,12H,7H2,1-6H3,(H,20,22)/b13-12-. The highest BCUT2D eigenvalue weighted by molar-refractivity contribution is 6.06.